The first-order valence-corrected chi connectivity index (χ1v) is 11.9. The second kappa shape index (κ2) is 9.76. The van der Waals surface area contributed by atoms with Crippen molar-refractivity contribution in [3.8, 4) is 0 Å². The van der Waals surface area contributed by atoms with Gasteiger partial charge in [-0.2, -0.15) is 0 Å². The predicted molar refractivity (Wildman–Crippen MR) is 117 cm³/mol. The van der Waals surface area contributed by atoms with E-state index in [4.69, 9.17) is 4.42 Å². The lowest BCUT2D eigenvalue weighted by atomic mass is 9.75. The molecule has 1 aromatic heterocycles. The normalized spacial score (nSPS) is 22.3. The Kier molecular flexibility index (Phi) is 6.86. The summed E-state index contributed by atoms with van der Waals surface area (Å²) in [4.78, 5) is 14.8. The highest BCUT2D eigenvalue weighted by molar-refractivity contribution is 5.79. The third kappa shape index (κ3) is 4.45. The molecule has 0 bridgehead atoms. The van der Waals surface area contributed by atoms with Crippen LogP contribution in [0.25, 0.3) is 0 Å². The summed E-state index contributed by atoms with van der Waals surface area (Å²) < 4.78 is 6.20. The number of aromatic nitrogens is 2. The third-order valence-electron chi connectivity index (χ3n) is 6.93. The molecule has 1 aromatic carbocycles. The van der Waals surface area contributed by atoms with Gasteiger partial charge in [0.1, 0.15) is 0 Å². The molecule has 2 heterocycles. The van der Waals surface area contributed by atoms with E-state index in [9.17, 15) is 4.79 Å². The Balaban J connectivity index is 1.39. The van der Waals surface area contributed by atoms with Gasteiger partial charge < -0.3 is 9.32 Å². The molecule has 2 aliphatic rings. The number of benzene rings is 1. The number of hydrogen-bond donors (Lipinski definition) is 0. The fraction of sp³-hybridized carbons (Fsp3) is 0.640. The van der Waals surface area contributed by atoms with Crippen molar-refractivity contribution in [2.24, 2.45) is 5.92 Å². The van der Waals surface area contributed by atoms with Crippen molar-refractivity contribution in [2.45, 2.75) is 83.0 Å². The molecule has 162 valence electrons. The monoisotopic (exact) mass is 409 g/mol. The molecule has 2 unspecified atom stereocenters. The van der Waals surface area contributed by atoms with Crippen LogP contribution in [0.2, 0.25) is 0 Å². The molecule has 5 heteroatoms. The van der Waals surface area contributed by atoms with Crippen molar-refractivity contribution in [3.05, 3.63) is 47.7 Å². The van der Waals surface area contributed by atoms with E-state index in [0.29, 0.717) is 23.6 Å². The quantitative estimate of drug-likeness (QED) is 0.565. The van der Waals surface area contributed by atoms with E-state index in [-0.39, 0.29) is 11.8 Å². The van der Waals surface area contributed by atoms with Gasteiger partial charge in [0.25, 0.3) is 0 Å². The minimum absolute atomic E-state index is 0.174. The summed E-state index contributed by atoms with van der Waals surface area (Å²) in [5.74, 6) is 2.94. The fourth-order valence-corrected chi connectivity index (χ4v) is 5.25. The van der Waals surface area contributed by atoms with Crippen LogP contribution in [0.5, 0.6) is 0 Å². The van der Waals surface area contributed by atoms with Gasteiger partial charge in [-0.05, 0) is 37.2 Å². The average Bonchev–Trinajstić information content (AvgIpc) is 3.22. The molecule has 1 aliphatic heterocycles. The van der Waals surface area contributed by atoms with Gasteiger partial charge >= 0.3 is 0 Å². The largest absolute Gasteiger partial charge is 0.425 e. The third-order valence-corrected chi connectivity index (χ3v) is 6.93. The van der Waals surface area contributed by atoms with Gasteiger partial charge in [0, 0.05) is 24.9 Å². The van der Waals surface area contributed by atoms with Gasteiger partial charge in [-0.3, -0.25) is 4.79 Å². The maximum absolute atomic E-state index is 12.8. The van der Waals surface area contributed by atoms with Gasteiger partial charge in [0.2, 0.25) is 17.7 Å². The van der Waals surface area contributed by atoms with E-state index in [0.717, 1.165) is 51.1 Å². The first kappa shape index (κ1) is 21.1. The lowest BCUT2D eigenvalue weighted by molar-refractivity contribution is -0.141. The van der Waals surface area contributed by atoms with Crippen molar-refractivity contribution >= 4 is 5.91 Å². The zero-order valence-electron chi connectivity index (χ0n) is 18.4. The molecule has 2 atom stereocenters. The second-order valence-corrected chi connectivity index (χ2v) is 9.10. The number of amides is 1. The van der Waals surface area contributed by atoms with Crippen LogP contribution >= 0.6 is 0 Å². The molecule has 0 N–H and O–H groups in total. The van der Waals surface area contributed by atoms with Crippen LogP contribution in [0.1, 0.15) is 100 Å². The molecule has 30 heavy (non-hydrogen) atoms. The summed E-state index contributed by atoms with van der Waals surface area (Å²) in [7, 11) is 0. The van der Waals surface area contributed by atoms with E-state index in [1.807, 2.05) is 4.90 Å². The molecule has 1 saturated carbocycles. The Morgan fingerprint density at radius 2 is 1.63 bits per heavy atom. The highest BCUT2D eigenvalue weighted by atomic mass is 16.4. The molecule has 0 spiro atoms. The van der Waals surface area contributed by atoms with Gasteiger partial charge in [-0.25, -0.2) is 0 Å². The summed E-state index contributed by atoms with van der Waals surface area (Å²) in [6.45, 7) is 5.75. The van der Waals surface area contributed by atoms with Crippen LogP contribution in [0.4, 0.5) is 0 Å². The van der Waals surface area contributed by atoms with E-state index >= 15 is 0 Å². The fourth-order valence-electron chi connectivity index (χ4n) is 5.25. The van der Waals surface area contributed by atoms with Crippen molar-refractivity contribution in [1.82, 2.24) is 15.1 Å². The Labute approximate surface area is 180 Å². The highest BCUT2D eigenvalue weighted by Crippen LogP contribution is 2.44. The molecule has 0 radical (unpaired) electrons. The Bertz CT molecular complexity index is 807. The number of hydrogen-bond acceptors (Lipinski definition) is 4. The molecule has 2 fully saturated rings. The number of carbonyl (C=O) groups excluding carboxylic acids is 1. The van der Waals surface area contributed by atoms with Crippen molar-refractivity contribution in [2.75, 3.05) is 13.1 Å². The molecule has 4 rings (SSSR count). The second-order valence-electron chi connectivity index (χ2n) is 9.10. The van der Waals surface area contributed by atoms with E-state index in [1.54, 1.807) is 0 Å². The van der Waals surface area contributed by atoms with Gasteiger partial charge in [0.15, 0.2) is 0 Å². The number of rotatable bonds is 8. The highest BCUT2D eigenvalue weighted by Gasteiger charge is 2.39. The Morgan fingerprint density at radius 1 is 1.00 bits per heavy atom. The van der Waals surface area contributed by atoms with Crippen LogP contribution in [0, 0.1) is 5.92 Å². The van der Waals surface area contributed by atoms with Gasteiger partial charge in [-0.1, -0.05) is 69.9 Å². The lowest BCUT2D eigenvalue weighted by Crippen LogP contribution is -2.50. The molecule has 1 aliphatic carbocycles. The number of carbonyl (C=O) groups is 1. The van der Waals surface area contributed by atoms with E-state index < -0.39 is 0 Å². The van der Waals surface area contributed by atoms with Crippen molar-refractivity contribution < 1.29 is 9.21 Å². The summed E-state index contributed by atoms with van der Waals surface area (Å²) >= 11 is 0. The standard InChI is InChI=1S/C25H35N3O2/c1-3-10-19(11-4-2)25(29)28-16-20(17-28)23-26-27-24(30-23)22-15-9-8-14-21(22)18-12-6-5-7-13-18/h5-7,12-13,19-22H,3-4,8-11,14-17H2,1-2H3. The molecule has 1 saturated heterocycles. The Hall–Kier alpha value is -2.17. The molecule has 5 nitrogen and oxygen atoms in total. The maximum Gasteiger partial charge on any atom is 0.225 e. The predicted octanol–water partition coefficient (Wildman–Crippen LogP) is 5.65. The van der Waals surface area contributed by atoms with Crippen molar-refractivity contribution in [1.29, 1.82) is 0 Å². The molecule has 2 aromatic rings. The number of nitrogens with zero attached hydrogens (tertiary/aromatic N) is 3. The zero-order chi connectivity index (χ0) is 20.9. The van der Waals surface area contributed by atoms with Crippen LogP contribution in [-0.2, 0) is 4.79 Å². The molecular weight excluding hydrogens is 374 g/mol. The maximum atomic E-state index is 12.8. The Morgan fingerprint density at radius 3 is 2.30 bits per heavy atom. The van der Waals surface area contributed by atoms with Gasteiger partial charge in [0.05, 0.1) is 5.92 Å². The minimum Gasteiger partial charge on any atom is -0.425 e. The zero-order valence-corrected chi connectivity index (χ0v) is 18.4. The van der Waals surface area contributed by atoms with Crippen molar-refractivity contribution in [3.63, 3.8) is 0 Å². The first-order chi connectivity index (χ1) is 14.7. The SMILES string of the molecule is CCCC(CCC)C(=O)N1CC(c2nnc(C3CCCCC3c3ccccc3)o2)C1. The molecular formula is C25H35N3O2. The first-order valence-electron chi connectivity index (χ1n) is 11.9. The van der Waals surface area contributed by atoms with Crippen LogP contribution in [0.15, 0.2) is 34.7 Å². The lowest BCUT2D eigenvalue weighted by Gasteiger charge is -2.39. The van der Waals surface area contributed by atoms with Gasteiger partial charge in [-0.15, -0.1) is 10.2 Å². The van der Waals surface area contributed by atoms with E-state index in [1.165, 1.54) is 24.8 Å². The van der Waals surface area contributed by atoms with Crippen LogP contribution in [-0.4, -0.2) is 34.1 Å². The summed E-state index contributed by atoms with van der Waals surface area (Å²) in [6.07, 6.45) is 8.85. The summed E-state index contributed by atoms with van der Waals surface area (Å²) in [5, 5.41) is 8.86. The topological polar surface area (TPSA) is 59.2 Å². The average molecular weight is 410 g/mol. The van der Waals surface area contributed by atoms with E-state index in [2.05, 4.69) is 54.4 Å². The minimum atomic E-state index is 0.174. The number of likely N-dealkylation sites (tertiary alicyclic amines) is 1. The molecule has 1 amide bonds. The smallest absolute Gasteiger partial charge is 0.225 e. The summed E-state index contributed by atoms with van der Waals surface area (Å²) in [6, 6.07) is 10.7. The van der Waals surface area contributed by atoms with Crippen LogP contribution in [0.3, 0.4) is 0 Å². The summed E-state index contributed by atoms with van der Waals surface area (Å²) in [5.41, 5.74) is 1.38. The van der Waals surface area contributed by atoms with Crippen LogP contribution < -0.4 is 0 Å².